The van der Waals surface area contributed by atoms with Gasteiger partial charge < -0.3 is 4.90 Å². The Morgan fingerprint density at radius 1 is 1.47 bits per heavy atom. The van der Waals surface area contributed by atoms with Gasteiger partial charge in [0.2, 0.25) is 0 Å². The van der Waals surface area contributed by atoms with E-state index in [0.717, 1.165) is 19.4 Å². The summed E-state index contributed by atoms with van der Waals surface area (Å²) >= 11 is 0. The van der Waals surface area contributed by atoms with Crippen molar-refractivity contribution in [3.63, 3.8) is 0 Å². The normalized spacial score (nSPS) is 29.6. The molecule has 90 valence electrons. The highest BCUT2D eigenvalue weighted by Crippen LogP contribution is 2.37. The lowest BCUT2D eigenvalue weighted by Gasteiger charge is -2.31. The molecule has 5 nitrogen and oxygen atoms in total. The fourth-order valence-electron chi connectivity index (χ4n) is 2.49. The average molecular weight is 251 g/mol. The SMILES string of the molecule is C[C@@]12C=NS(=O)(=O)c3cccnc3N1CCC2. The third-order valence-electron chi connectivity index (χ3n) is 3.44. The molecule has 0 saturated carbocycles. The first kappa shape index (κ1) is 10.7. The second-order valence-corrected chi connectivity index (χ2v) is 6.25. The minimum absolute atomic E-state index is 0.210. The van der Waals surface area contributed by atoms with Crippen LogP contribution in [0.4, 0.5) is 5.82 Å². The van der Waals surface area contributed by atoms with Crippen molar-refractivity contribution < 1.29 is 8.42 Å². The predicted octanol–water partition coefficient (Wildman–Crippen LogP) is 1.21. The van der Waals surface area contributed by atoms with Gasteiger partial charge in [0.25, 0.3) is 10.0 Å². The molecule has 0 aromatic carbocycles. The number of hydrogen-bond donors (Lipinski definition) is 0. The van der Waals surface area contributed by atoms with Gasteiger partial charge in [0.15, 0.2) is 0 Å². The number of pyridine rings is 1. The summed E-state index contributed by atoms with van der Waals surface area (Å²) in [6, 6.07) is 3.20. The van der Waals surface area contributed by atoms with Gasteiger partial charge >= 0.3 is 0 Å². The maximum atomic E-state index is 12.0. The zero-order chi connectivity index (χ0) is 12.1. The first-order valence-corrected chi connectivity index (χ1v) is 7.01. The quantitative estimate of drug-likeness (QED) is 0.695. The summed E-state index contributed by atoms with van der Waals surface area (Å²) < 4.78 is 27.8. The van der Waals surface area contributed by atoms with E-state index >= 15 is 0 Å². The van der Waals surface area contributed by atoms with Gasteiger partial charge in [0.05, 0.1) is 5.54 Å². The Morgan fingerprint density at radius 2 is 2.29 bits per heavy atom. The number of nitrogens with zero attached hydrogens (tertiary/aromatic N) is 3. The van der Waals surface area contributed by atoms with Gasteiger partial charge in [0, 0.05) is 19.0 Å². The van der Waals surface area contributed by atoms with Crippen LogP contribution in [0.3, 0.4) is 0 Å². The molecule has 0 N–H and O–H groups in total. The number of fused-ring (bicyclic) bond motifs is 3. The lowest BCUT2D eigenvalue weighted by molar-refractivity contribution is 0.598. The zero-order valence-corrected chi connectivity index (χ0v) is 10.3. The highest BCUT2D eigenvalue weighted by atomic mass is 32.2. The summed E-state index contributed by atoms with van der Waals surface area (Å²) in [5.41, 5.74) is -0.327. The van der Waals surface area contributed by atoms with Crippen molar-refractivity contribution in [2.45, 2.75) is 30.2 Å². The molecule has 0 bridgehead atoms. The Kier molecular flexibility index (Phi) is 2.07. The van der Waals surface area contributed by atoms with E-state index in [1.807, 2.05) is 11.8 Å². The summed E-state index contributed by atoms with van der Waals surface area (Å²) in [7, 11) is -3.59. The Bertz CT molecular complexity index is 596. The summed E-state index contributed by atoms with van der Waals surface area (Å²) in [6.07, 6.45) is 5.11. The number of rotatable bonds is 0. The van der Waals surface area contributed by atoms with Crippen molar-refractivity contribution in [1.82, 2.24) is 4.98 Å². The van der Waals surface area contributed by atoms with Crippen LogP contribution in [0.5, 0.6) is 0 Å². The number of aromatic nitrogens is 1. The van der Waals surface area contributed by atoms with E-state index in [4.69, 9.17) is 0 Å². The van der Waals surface area contributed by atoms with Crippen LogP contribution in [0.2, 0.25) is 0 Å². The molecule has 2 aliphatic rings. The molecule has 1 atom stereocenters. The molecule has 1 aromatic heterocycles. The van der Waals surface area contributed by atoms with Crippen LogP contribution in [0.1, 0.15) is 19.8 Å². The molecule has 0 unspecified atom stereocenters. The summed E-state index contributed by atoms with van der Waals surface area (Å²) in [5, 5.41) is 0. The summed E-state index contributed by atoms with van der Waals surface area (Å²) in [5.74, 6) is 0.532. The Hall–Kier alpha value is -1.43. The molecular formula is C11H13N3O2S. The second-order valence-electron chi connectivity index (χ2n) is 4.65. The van der Waals surface area contributed by atoms with Gasteiger partial charge in [-0.15, -0.1) is 0 Å². The monoisotopic (exact) mass is 251 g/mol. The molecule has 6 heteroatoms. The highest BCUT2D eigenvalue weighted by Gasteiger charge is 2.41. The van der Waals surface area contributed by atoms with Crippen LogP contribution in [-0.2, 0) is 10.0 Å². The standard InChI is InChI=1S/C11H13N3O2S/c1-11-5-3-7-14(11)10-9(4-2-6-12-10)17(15,16)13-8-11/h2,4,6,8H,3,5,7H2,1H3/t11-/m1/s1. The third kappa shape index (κ3) is 1.47. The first-order chi connectivity index (χ1) is 8.03. The minimum Gasteiger partial charge on any atom is -0.345 e. The van der Waals surface area contributed by atoms with Gasteiger partial charge in [-0.3, -0.25) is 0 Å². The largest absolute Gasteiger partial charge is 0.345 e. The molecule has 0 radical (unpaired) electrons. The van der Waals surface area contributed by atoms with E-state index in [2.05, 4.69) is 9.38 Å². The Morgan fingerprint density at radius 3 is 3.12 bits per heavy atom. The number of sulfonamides is 1. The van der Waals surface area contributed by atoms with Crippen LogP contribution in [0.25, 0.3) is 0 Å². The van der Waals surface area contributed by atoms with Crippen molar-refractivity contribution >= 4 is 22.1 Å². The predicted molar refractivity (Wildman–Crippen MR) is 64.9 cm³/mol. The highest BCUT2D eigenvalue weighted by molar-refractivity contribution is 7.90. The van der Waals surface area contributed by atoms with Crippen molar-refractivity contribution in [1.29, 1.82) is 0 Å². The molecule has 17 heavy (non-hydrogen) atoms. The lowest BCUT2D eigenvalue weighted by Crippen LogP contribution is -2.42. The molecule has 1 saturated heterocycles. The van der Waals surface area contributed by atoms with E-state index in [0.29, 0.717) is 5.82 Å². The molecular weight excluding hydrogens is 238 g/mol. The van der Waals surface area contributed by atoms with E-state index in [-0.39, 0.29) is 10.4 Å². The summed E-state index contributed by atoms with van der Waals surface area (Å²) in [6.45, 7) is 2.82. The smallest absolute Gasteiger partial charge is 0.285 e. The van der Waals surface area contributed by atoms with Gasteiger partial charge in [-0.25, -0.2) is 4.98 Å². The second kappa shape index (κ2) is 3.29. The first-order valence-electron chi connectivity index (χ1n) is 5.57. The van der Waals surface area contributed by atoms with Crippen LogP contribution in [0.15, 0.2) is 27.6 Å². The van der Waals surface area contributed by atoms with E-state index < -0.39 is 10.0 Å². The fraction of sp³-hybridized carbons (Fsp3) is 0.455. The maximum absolute atomic E-state index is 12.0. The minimum atomic E-state index is -3.59. The van der Waals surface area contributed by atoms with E-state index in [9.17, 15) is 8.42 Å². The van der Waals surface area contributed by atoms with Gasteiger partial charge in [0.1, 0.15) is 10.7 Å². The van der Waals surface area contributed by atoms with Gasteiger partial charge in [-0.2, -0.15) is 12.8 Å². The topological polar surface area (TPSA) is 62.6 Å². The lowest BCUT2D eigenvalue weighted by atomic mass is 10.0. The molecule has 3 heterocycles. The fourth-order valence-corrected chi connectivity index (χ4v) is 3.62. The van der Waals surface area contributed by atoms with Crippen LogP contribution < -0.4 is 4.90 Å². The van der Waals surface area contributed by atoms with Crippen LogP contribution in [-0.4, -0.2) is 31.7 Å². The van der Waals surface area contributed by atoms with Crippen molar-refractivity contribution in [2.24, 2.45) is 4.40 Å². The van der Waals surface area contributed by atoms with Crippen molar-refractivity contribution in [2.75, 3.05) is 11.4 Å². The van der Waals surface area contributed by atoms with Gasteiger partial charge in [-0.05, 0) is 31.9 Å². The number of anilines is 1. The van der Waals surface area contributed by atoms with Crippen molar-refractivity contribution in [3.8, 4) is 0 Å². The average Bonchev–Trinajstić information content (AvgIpc) is 2.66. The van der Waals surface area contributed by atoms with E-state index in [1.165, 1.54) is 0 Å². The number of hydrogen-bond acceptors (Lipinski definition) is 4. The van der Waals surface area contributed by atoms with Crippen LogP contribution in [0, 0.1) is 0 Å². The zero-order valence-electron chi connectivity index (χ0n) is 9.50. The Balaban J connectivity index is 2.31. The molecule has 3 rings (SSSR count). The van der Waals surface area contributed by atoms with E-state index in [1.54, 1.807) is 24.5 Å². The molecule has 1 fully saturated rings. The molecule has 0 aliphatic carbocycles. The molecule has 0 spiro atoms. The summed E-state index contributed by atoms with van der Waals surface area (Å²) in [4.78, 5) is 6.48. The molecule has 2 aliphatic heterocycles. The third-order valence-corrected chi connectivity index (χ3v) is 4.69. The Labute approximate surface area is 100 Å². The van der Waals surface area contributed by atoms with Crippen LogP contribution >= 0.6 is 0 Å². The molecule has 1 aromatic rings. The van der Waals surface area contributed by atoms with Crippen molar-refractivity contribution in [3.05, 3.63) is 18.3 Å². The molecule has 0 amide bonds. The van der Waals surface area contributed by atoms with Gasteiger partial charge in [-0.1, -0.05) is 0 Å². The maximum Gasteiger partial charge on any atom is 0.285 e.